The molecule has 20 heavy (non-hydrogen) atoms. The van der Waals surface area contributed by atoms with Crippen LogP contribution in [0.5, 0.6) is 0 Å². The fourth-order valence-corrected chi connectivity index (χ4v) is 2.76. The molecule has 1 saturated heterocycles. The number of carboxylic acids is 1. The predicted octanol–water partition coefficient (Wildman–Crippen LogP) is 2.38. The second-order valence-corrected chi connectivity index (χ2v) is 5.32. The lowest BCUT2D eigenvalue weighted by Gasteiger charge is -2.32. The van der Waals surface area contributed by atoms with E-state index >= 15 is 0 Å². The second kappa shape index (κ2) is 6.81. The third-order valence-corrected chi connectivity index (χ3v) is 3.67. The normalized spacial score (nSPS) is 20.0. The zero-order valence-electron chi connectivity index (χ0n) is 11.6. The highest BCUT2D eigenvalue weighted by atomic mass is 19.1. The van der Waals surface area contributed by atoms with Crippen molar-refractivity contribution in [2.45, 2.75) is 19.4 Å². The number of aromatic carboxylic acids is 1. The van der Waals surface area contributed by atoms with E-state index in [1.165, 1.54) is 12.1 Å². The Labute approximate surface area is 118 Å². The van der Waals surface area contributed by atoms with E-state index in [1.54, 1.807) is 13.2 Å². The lowest BCUT2D eigenvalue weighted by atomic mass is 9.98. The van der Waals surface area contributed by atoms with E-state index in [1.807, 2.05) is 0 Å². The van der Waals surface area contributed by atoms with Crippen LogP contribution in [0.2, 0.25) is 0 Å². The van der Waals surface area contributed by atoms with E-state index in [2.05, 4.69) is 4.90 Å². The largest absolute Gasteiger partial charge is 0.478 e. The number of rotatable bonds is 5. The number of benzene rings is 1. The van der Waals surface area contributed by atoms with Crippen LogP contribution in [-0.2, 0) is 11.3 Å². The molecule has 1 unspecified atom stereocenters. The molecule has 0 saturated carbocycles. The highest BCUT2D eigenvalue weighted by Crippen LogP contribution is 2.20. The summed E-state index contributed by atoms with van der Waals surface area (Å²) in [4.78, 5) is 13.2. The van der Waals surface area contributed by atoms with Crippen LogP contribution in [0.3, 0.4) is 0 Å². The molecule has 2 rings (SSSR count). The van der Waals surface area contributed by atoms with Gasteiger partial charge >= 0.3 is 5.97 Å². The fraction of sp³-hybridized carbons (Fsp3) is 0.533. The molecule has 110 valence electrons. The number of methoxy groups -OCH3 is 1. The van der Waals surface area contributed by atoms with Crippen LogP contribution < -0.4 is 0 Å². The van der Waals surface area contributed by atoms with Crippen molar-refractivity contribution in [2.75, 3.05) is 26.8 Å². The standard InChI is InChI=1S/C15H20FNO3/c1-20-10-12-3-2-6-17(9-12)8-11-4-5-14(16)13(7-11)15(18)19/h4-5,7,12H,2-3,6,8-10H2,1H3,(H,18,19). The Bertz CT molecular complexity index is 476. The second-order valence-electron chi connectivity index (χ2n) is 5.32. The van der Waals surface area contributed by atoms with Gasteiger partial charge in [-0.05, 0) is 43.0 Å². The maximum Gasteiger partial charge on any atom is 0.338 e. The highest BCUT2D eigenvalue weighted by Gasteiger charge is 2.20. The molecule has 0 radical (unpaired) electrons. The van der Waals surface area contributed by atoms with Gasteiger partial charge in [-0.15, -0.1) is 0 Å². The summed E-state index contributed by atoms with van der Waals surface area (Å²) in [6, 6.07) is 4.31. The Kier molecular flexibility index (Phi) is 5.09. The van der Waals surface area contributed by atoms with Crippen LogP contribution in [0.25, 0.3) is 0 Å². The van der Waals surface area contributed by atoms with Gasteiger partial charge < -0.3 is 9.84 Å². The number of hydrogen-bond acceptors (Lipinski definition) is 3. The topological polar surface area (TPSA) is 49.8 Å². The van der Waals surface area contributed by atoms with Gasteiger partial charge in [0.25, 0.3) is 0 Å². The number of halogens is 1. The van der Waals surface area contributed by atoms with Gasteiger partial charge in [0.1, 0.15) is 5.82 Å². The Balaban J connectivity index is 2.02. The van der Waals surface area contributed by atoms with Gasteiger partial charge in [-0.1, -0.05) is 6.07 Å². The maximum absolute atomic E-state index is 13.4. The number of ether oxygens (including phenoxy) is 1. The lowest BCUT2D eigenvalue weighted by Crippen LogP contribution is -2.36. The molecule has 1 aliphatic heterocycles. The van der Waals surface area contributed by atoms with Crippen molar-refractivity contribution >= 4 is 5.97 Å². The number of likely N-dealkylation sites (tertiary alicyclic amines) is 1. The number of piperidine rings is 1. The molecule has 0 spiro atoms. The molecule has 1 aliphatic rings. The van der Waals surface area contributed by atoms with Crippen LogP contribution in [0, 0.1) is 11.7 Å². The van der Waals surface area contributed by atoms with Gasteiger partial charge in [0.05, 0.1) is 12.2 Å². The van der Waals surface area contributed by atoms with E-state index < -0.39 is 11.8 Å². The molecule has 1 aromatic rings. The number of carbonyl (C=O) groups is 1. The molecule has 0 aromatic heterocycles. The number of nitrogens with zero attached hydrogens (tertiary/aromatic N) is 1. The average molecular weight is 281 g/mol. The minimum absolute atomic E-state index is 0.257. The smallest absolute Gasteiger partial charge is 0.338 e. The molecule has 5 heteroatoms. The minimum Gasteiger partial charge on any atom is -0.478 e. The lowest BCUT2D eigenvalue weighted by molar-refractivity contribution is 0.0691. The van der Waals surface area contributed by atoms with Gasteiger partial charge in [0.15, 0.2) is 0 Å². The third kappa shape index (κ3) is 3.77. The Hall–Kier alpha value is -1.46. The molecule has 0 aliphatic carbocycles. The minimum atomic E-state index is -1.22. The Morgan fingerprint density at radius 1 is 1.55 bits per heavy atom. The monoisotopic (exact) mass is 281 g/mol. The summed E-state index contributed by atoms with van der Waals surface area (Å²) in [6.45, 7) is 3.33. The van der Waals surface area contributed by atoms with E-state index in [4.69, 9.17) is 9.84 Å². The molecule has 1 N–H and O–H groups in total. The molecule has 4 nitrogen and oxygen atoms in total. The maximum atomic E-state index is 13.4. The molecule has 1 atom stereocenters. The van der Waals surface area contributed by atoms with Gasteiger partial charge in [-0.3, -0.25) is 4.90 Å². The van der Waals surface area contributed by atoms with Crippen LogP contribution in [0.4, 0.5) is 4.39 Å². The molecule has 1 heterocycles. The molecule has 0 bridgehead atoms. The number of carboxylic acid groups (broad SMARTS) is 1. The summed E-state index contributed by atoms with van der Waals surface area (Å²) in [5.74, 6) is -1.38. The summed E-state index contributed by atoms with van der Waals surface area (Å²) < 4.78 is 18.5. The average Bonchev–Trinajstić information content (AvgIpc) is 2.41. The molecule has 0 amide bonds. The van der Waals surface area contributed by atoms with Crippen molar-refractivity contribution in [3.63, 3.8) is 0 Å². The zero-order valence-corrected chi connectivity index (χ0v) is 11.6. The van der Waals surface area contributed by atoms with E-state index in [-0.39, 0.29) is 5.56 Å². The van der Waals surface area contributed by atoms with Crippen LogP contribution in [0.15, 0.2) is 18.2 Å². The zero-order chi connectivity index (χ0) is 14.5. The van der Waals surface area contributed by atoms with E-state index in [0.29, 0.717) is 12.5 Å². The van der Waals surface area contributed by atoms with Crippen molar-refractivity contribution in [1.29, 1.82) is 0 Å². The fourth-order valence-electron chi connectivity index (χ4n) is 2.76. The van der Waals surface area contributed by atoms with Crippen LogP contribution in [0.1, 0.15) is 28.8 Å². The van der Waals surface area contributed by atoms with E-state index in [0.717, 1.165) is 38.1 Å². The quantitative estimate of drug-likeness (QED) is 0.900. The first-order chi connectivity index (χ1) is 9.60. The van der Waals surface area contributed by atoms with Gasteiger partial charge in [0.2, 0.25) is 0 Å². The van der Waals surface area contributed by atoms with Gasteiger partial charge in [-0.25, -0.2) is 9.18 Å². The summed E-state index contributed by atoms with van der Waals surface area (Å²) in [5, 5.41) is 8.94. The van der Waals surface area contributed by atoms with Crippen molar-refractivity contribution in [1.82, 2.24) is 4.90 Å². The predicted molar refractivity (Wildman–Crippen MR) is 73.2 cm³/mol. The van der Waals surface area contributed by atoms with Gasteiger partial charge in [-0.2, -0.15) is 0 Å². The first kappa shape index (κ1) is 14.9. The molecular formula is C15H20FNO3. The number of hydrogen-bond donors (Lipinski definition) is 1. The van der Waals surface area contributed by atoms with Crippen LogP contribution in [-0.4, -0.2) is 42.8 Å². The van der Waals surface area contributed by atoms with Crippen molar-refractivity contribution < 1.29 is 19.0 Å². The highest BCUT2D eigenvalue weighted by molar-refractivity contribution is 5.88. The molecular weight excluding hydrogens is 261 g/mol. The van der Waals surface area contributed by atoms with Gasteiger partial charge in [0, 0.05) is 20.2 Å². The first-order valence-corrected chi connectivity index (χ1v) is 6.83. The first-order valence-electron chi connectivity index (χ1n) is 6.83. The SMILES string of the molecule is COCC1CCCN(Cc2ccc(F)c(C(=O)O)c2)C1. The Morgan fingerprint density at radius 2 is 2.35 bits per heavy atom. The van der Waals surface area contributed by atoms with Crippen molar-refractivity contribution in [3.05, 3.63) is 35.1 Å². The summed E-state index contributed by atoms with van der Waals surface area (Å²) >= 11 is 0. The summed E-state index contributed by atoms with van der Waals surface area (Å²) in [7, 11) is 1.71. The molecule has 1 fully saturated rings. The molecule has 1 aromatic carbocycles. The van der Waals surface area contributed by atoms with E-state index in [9.17, 15) is 9.18 Å². The summed E-state index contributed by atoms with van der Waals surface area (Å²) in [6.07, 6.45) is 2.27. The third-order valence-electron chi connectivity index (χ3n) is 3.67. The van der Waals surface area contributed by atoms with Crippen molar-refractivity contribution in [3.8, 4) is 0 Å². The van der Waals surface area contributed by atoms with Crippen LogP contribution >= 0.6 is 0 Å². The van der Waals surface area contributed by atoms with Crippen molar-refractivity contribution in [2.24, 2.45) is 5.92 Å². The summed E-state index contributed by atoms with van der Waals surface area (Å²) in [5.41, 5.74) is 0.579. The Morgan fingerprint density at radius 3 is 3.05 bits per heavy atom.